The van der Waals surface area contributed by atoms with Crippen LogP contribution in [0.25, 0.3) is 10.7 Å². The number of thiazole rings is 1. The van der Waals surface area contributed by atoms with Crippen LogP contribution in [0.2, 0.25) is 0 Å². The van der Waals surface area contributed by atoms with Crippen molar-refractivity contribution in [2.45, 2.75) is 13.5 Å². The first-order valence-electron chi connectivity index (χ1n) is 7.55. The molecule has 0 aliphatic rings. The van der Waals surface area contributed by atoms with Crippen LogP contribution in [0.3, 0.4) is 0 Å². The van der Waals surface area contributed by atoms with Crippen LogP contribution in [0.5, 0.6) is 0 Å². The molecule has 0 bridgehead atoms. The summed E-state index contributed by atoms with van der Waals surface area (Å²) in [5.74, 6) is -0.944. The number of carboxylic acid groups (broad SMARTS) is 1. The number of hydrogen-bond donors (Lipinski definition) is 1. The summed E-state index contributed by atoms with van der Waals surface area (Å²) in [6.45, 7) is 3.26. The van der Waals surface area contributed by atoms with E-state index in [0.29, 0.717) is 16.4 Å². The fraction of sp³-hybridized carbons (Fsp3) is 0.235. The van der Waals surface area contributed by atoms with Gasteiger partial charge in [-0.15, -0.1) is 11.3 Å². The molecule has 0 fully saturated rings. The van der Waals surface area contributed by atoms with Gasteiger partial charge < -0.3 is 10.0 Å². The molecular weight excluding hydrogens is 324 g/mol. The number of rotatable bonds is 6. The van der Waals surface area contributed by atoms with E-state index >= 15 is 0 Å². The van der Waals surface area contributed by atoms with Crippen molar-refractivity contribution in [3.8, 4) is 10.7 Å². The zero-order valence-electron chi connectivity index (χ0n) is 13.5. The number of nitrogens with zero attached hydrogens (tertiary/aromatic N) is 4. The number of benzene rings is 1. The summed E-state index contributed by atoms with van der Waals surface area (Å²) in [6.07, 6.45) is 1.89. The van der Waals surface area contributed by atoms with E-state index in [2.05, 4.69) is 27.1 Å². The van der Waals surface area contributed by atoms with Crippen LogP contribution >= 0.6 is 11.3 Å². The van der Waals surface area contributed by atoms with E-state index in [-0.39, 0.29) is 4.88 Å². The van der Waals surface area contributed by atoms with Crippen molar-refractivity contribution in [3.05, 3.63) is 53.2 Å². The van der Waals surface area contributed by atoms with Gasteiger partial charge in [-0.1, -0.05) is 18.2 Å². The molecule has 0 spiro atoms. The van der Waals surface area contributed by atoms with Crippen molar-refractivity contribution in [2.75, 3.05) is 18.5 Å². The molecule has 2 aromatic heterocycles. The number of aromatic nitrogens is 3. The van der Waals surface area contributed by atoms with Gasteiger partial charge in [-0.2, -0.15) is 5.10 Å². The molecule has 7 heteroatoms. The summed E-state index contributed by atoms with van der Waals surface area (Å²) in [7, 11) is 2.04. The smallest absolute Gasteiger partial charge is 0.347 e. The highest BCUT2D eigenvalue weighted by atomic mass is 32.1. The zero-order valence-corrected chi connectivity index (χ0v) is 14.3. The maximum atomic E-state index is 11.1. The number of likely N-dealkylation sites (N-methyl/N-ethyl adjacent to an activating group) is 1. The lowest BCUT2D eigenvalue weighted by Gasteiger charge is -2.18. The predicted octanol–water partition coefficient (Wildman–Crippen LogP) is 3.15. The molecule has 24 heavy (non-hydrogen) atoms. The van der Waals surface area contributed by atoms with E-state index in [0.717, 1.165) is 30.1 Å². The van der Waals surface area contributed by atoms with Crippen molar-refractivity contribution in [1.82, 2.24) is 14.8 Å². The third-order valence-corrected chi connectivity index (χ3v) is 4.88. The van der Waals surface area contributed by atoms with E-state index in [1.54, 1.807) is 6.92 Å². The number of aryl methyl sites for hydroxylation is 1. The monoisotopic (exact) mass is 342 g/mol. The van der Waals surface area contributed by atoms with Crippen LogP contribution in [0.4, 0.5) is 5.69 Å². The average molecular weight is 342 g/mol. The Labute approximate surface area is 144 Å². The maximum Gasteiger partial charge on any atom is 0.347 e. The van der Waals surface area contributed by atoms with E-state index in [9.17, 15) is 4.79 Å². The Morgan fingerprint density at radius 1 is 1.29 bits per heavy atom. The SMILES string of the molecule is Cc1nc(-c2ccn(CCN(C)c3ccccc3)n2)sc1C(=O)O. The molecule has 0 amide bonds. The van der Waals surface area contributed by atoms with E-state index in [1.165, 1.54) is 0 Å². The third-order valence-electron chi connectivity index (χ3n) is 3.71. The van der Waals surface area contributed by atoms with Crippen molar-refractivity contribution < 1.29 is 9.90 Å². The minimum atomic E-state index is -0.944. The van der Waals surface area contributed by atoms with Gasteiger partial charge >= 0.3 is 5.97 Å². The fourth-order valence-electron chi connectivity index (χ4n) is 2.37. The first-order valence-corrected chi connectivity index (χ1v) is 8.37. The Kier molecular flexibility index (Phi) is 4.61. The van der Waals surface area contributed by atoms with Crippen molar-refractivity contribution >= 4 is 23.0 Å². The lowest BCUT2D eigenvalue weighted by atomic mass is 10.3. The largest absolute Gasteiger partial charge is 0.477 e. The molecule has 1 aromatic carbocycles. The van der Waals surface area contributed by atoms with Crippen LogP contribution in [-0.2, 0) is 6.54 Å². The number of para-hydroxylation sites is 1. The molecular formula is C17H18N4O2S. The van der Waals surface area contributed by atoms with Gasteiger partial charge in [0.1, 0.15) is 15.6 Å². The zero-order chi connectivity index (χ0) is 17.1. The van der Waals surface area contributed by atoms with Gasteiger partial charge in [0.15, 0.2) is 0 Å². The van der Waals surface area contributed by atoms with Crippen molar-refractivity contribution in [1.29, 1.82) is 0 Å². The minimum absolute atomic E-state index is 0.267. The van der Waals surface area contributed by atoms with Gasteiger partial charge in [0.05, 0.1) is 12.2 Å². The van der Waals surface area contributed by atoms with Crippen LogP contribution < -0.4 is 4.90 Å². The summed E-state index contributed by atoms with van der Waals surface area (Å²) in [4.78, 5) is 17.9. The summed E-state index contributed by atoms with van der Waals surface area (Å²) in [6, 6.07) is 12.0. The normalized spacial score (nSPS) is 10.8. The Hall–Kier alpha value is -2.67. The van der Waals surface area contributed by atoms with E-state index < -0.39 is 5.97 Å². The van der Waals surface area contributed by atoms with E-state index in [4.69, 9.17) is 5.11 Å². The number of aromatic carboxylic acids is 1. The topological polar surface area (TPSA) is 71.2 Å². The molecule has 0 unspecified atom stereocenters. The summed E-state index contributed by atoms with van der Waals surface area (Å²) < 4.78 is 1.85. The van der Waals surface area contributed by atoms with Gasteiger partial charge in [-0.05, 0) is 25.1 Å². The summed E-state index contributed by atoms with van der Waals surface area (Å²) in [5.41, 5.74) is 2.39. The second-order valence-electron chi connectivity index (χ2n) is 5.46. The lowest BCUT2D eigenvalue weighted by molar-refractivity contribution is 0.0701. The molecule has 0 aliphatic heterocycles. The van der Waals surface area contributed by atoms with Gasteiger partial charge in [-0.3, -0.25) is 4.68 Å². The van der Waals surface area contributed by atoms with Crippen LogP contribution in [-0.4, -0.2) is 39.4 Å². The number of anilines is 1. The van der Waals surface area contributed by atoms with Crippen LogP contribution in [0.15, 0.2) is 42.6 Å². The van der Waals surface area contributed by atoms with Crippen LogP contribution in [0, 0.1) is 6.92 Å². The van der Waals surface area contributed by atoms with E-state index in [1.807, 2.05) is 42.2 Å². The summed E-state index contributed by atoms with van der Waals surface area (Å²) in [5, 5.41) is 14.3. The molecule has 0 saturated carbocycles. The highest BCUT2D eigenvalue weighted by Gasteiger charge is 2.16. The van der Waals surface area contributed by atoms with Crippen molar-refractivity contribution in [3.63, 3.8) is 0 Å². The van der Waals surface area contributed by atoms with Crippen LogP contribution in [0.1, 0.15) is 15.4 Å². The molecule has 2 heterocycles. The Balaban J connectivity index is 1.68. The predicted molar refractivity (Wildman–Crippen MR) is 94.7 cm³/mol. The molecule has 0 saturated heterocycles. The number of hydrogen-bond acceptors (Lipinski definition) is 5. The second kappa shape index (κ2) is 6.84. The molecule has 1 N–H and O–H groups in total. The lowest BCUT2D eigenvalue weighted by Crippen LogP contribution is -2.22. The second-order valence-corrected chi connectivity index (χ2v) is 6.46. The molecule has 3 aromatic rings. The Morgan fingerprint density at radius 2 is 2.04 bits per heavy atom. The number of carbonyl (C=O) groups is 1. The third kappa shape index (κ3) is 3.46. The fourth-order valence-corrected chi connectivity index (χ4v) is 3.24. The molecule has 0 radical (unpaired) electrons. The average Bonchev–Trinajstić information content (AvgIpc) is 3.20. The molecule has 0 aliphatic carbocycles. The number of carboxylic acids is 1. The highest BCUT2D eigenvalue weighted by Crippen LogP contribution is 2.26. The molecule has 124 valence electrons. The molecule has 6 nitrogen and oxygen atoms in total. The molecule has 0 atom stereocenters. The first-order chi connectivity index (χ1) is 11.5. The standard InChI is InChI=1S/C17H18N4O2S/c1-12-15(17(22)23)24-16(18-12)14-8-9-21(19-14)11-10-20(2)13-6-4-3-5-7-13/h3-9H,10-11H2,1-2H3,(H,22,23). The highest BCUT2D eigenvalue weighted by molar-refractivity contribution is 7.17. The quantitative estimate of drug-likeness (QED) is 0.745. The van der Waals surface area contributed by atoms with Gasteiger partial charge in [-0.25, -0.2) is 9.78 Å². The van der Waals surface area contributed by atoms with Gasteiger partial charge in [0.2, 0.25) is 0 Å². The molecule has 3 rings (SSSR count). The minimum Gasteiger partial charge on any atom is -0.477 e. The Morgan fingerprint density at radius 3 is 2.71 bits per heavy atom. The maximum absolute atomic E-state index is 11.1. The summed E-state index contributed by atoms with van der Waals surface area (Å²) >= 11 is 1.16. The first kappa shape index (κ1) is 16.2. The van der Waals surface area contributed by atoms with Gasteiger partial charge in [0.25, 0.3) is 0 Å². The Bertz CT molecular complexity index is 841. The van der Waals surface area contributed by atoms with Crippen molar-refractivity contribution in [2.24, 2.45) is 0 Å². The van der Waals surface area contributed by atoms with Gasteiger partial charge in [0, 0.05) is 25.5 Å².